The Balaban J connectivity index is 1.50. The predicted molar refractivity (Wildman–Crippen MR) is 91.7 cm³/mol. The third-order valence-electron chi connectivity index (χ3n) is 4.31. The summed E-state index contributed by atoms with van der Waals surface area (Å²) in [5.74, 6) is 3.83. The van der Waals surface area contributed by atoms with Crippen LogP contribution in [0, 0.1) is 6.92 Å². The molecule has 0 radical (unpaired) electrons. The summed E-state index contributed by atoms with van der Waals surface area (Å²) in [5.41, 5.74) is 1.26. The molecular formula is C18H19N5O. The Hall–Kier alpha value is -2.89. The lowest BCUT2D eigenvalue weighted by Crippen LogP contribution is -2.21. The van der Waals surface area contributed by atoms with E-state index in [0.717, 1.165) is 42.8 Å². The molecule has 0 amide bonds. The Kier molecular flexibility index (Phi) is 3.86. The number of rotatable bonds is 4. The molecule has 0 saturated heterocycles. The molecule has 0 saturated carbocycles. The Morgan fingerprint density at radius 1 is 1.29 bits per heavy atom. The van der Waals surface area contributed by atoms with Crippen LogP contribution in [0.2, 0.25) is 0 Å². The van der Waals surface area contributed by atoms with Crippen LogP contribution in [0.1, 0.15) is 23.7 Å². The molecule has 1 aliphatic rings. The molecule has 0 aliphatic carbocycles. The van der Waals surface area contributed by atoms with Crippen molar-refractivity contribution in [2.75, 3.05) is 18.5 Å². The van der Waals surface area contributed by atoms with Gasteiger partial charge in [-0.15, -0.1) is 0 Å². The number of aromatic nitrogens is 4. The van der Waals surface area contributed by atoms with Crippen molar-refractivity contribution in [3.8, 4) is 11.6 Å². The van der Waals surface area contributed by atoms with Gasteiger partial charge in [0.2, 0.25) is 0 Å². The monoisotopic (exact) mass is 321 g/mol. The van der Waals surface area contributed by atoms with E-state index >= 15 is 0 Å². The minimum absolute atomic E-state index is 0.412. The van der Waals surface area contributed by atoms with Crippen LogP contribution >= 0.6 is 0 Å². The van der Waals surface area contributed by atoms with E-state index < -0.39 is 0 Å². The van der Waals surface area contributed by atoms with E-state index in [-0.39, 0.29) is 0 Å². The van der Waals surface area contributed by atoms with Gasteiger partial charge in [-0.05, 0) is 25.0 Å². The summed E-state index contributed by atoms with van der Waals surface area (Å²) in [6, 6.07) is 8.24. The van der Waals surface area contributed by atoms with Gasteiger partial charge in [-0.2, -0.15) is 0 Å². The van der Waals surface area contributed by atoms with Crippen LogP contribution in [-0.4, -0.2) is 32.7 Å². The standard InChI is InChI=1S/C18H19N5O/c1-13-20-7-8-23(13)18-12-19-11-17(22-18)21-10-14-6-9-24-16-5-3-2-4-15(14)16/h2-5,7-8,11-12,14H,6,9-10H2,1H3,(H,21,22)/t14-/m0/s1. The second kappa shape index (κ2) is 6.31. The summed E-state index contributed by atoms with van der Waals surface area (Å²) in [7, 11) is 0. The number of ether oxygens (including phenoxy) is 1. The lowest BCUT2D eigenvalue weighted by atomic mass is 9.93. The van der Waals surface area contributed by atoms with Gasteiger partial charge >= 0.3 is 0 Å². The van der Waals surface area contributed by atoms with E-state index in [1.165, 1.54) is 5.56 Å². The van der Waals surface area contributed by atoms with Crippen LogP contribution < -0.4 is 10.1 Å². The maximum Gasteiger partial charge on any atom is 0.159 e. The lowest BCUT2D eigenvalue weighted by Gasteiger charge is -2.26. The Morgan fingerprint density at radius 2 is 2.21 bits per heavy atom. The molecule has 0 bridgehead atoms. The molecule has 3 heterocycles. The van der Waals surface area contributed by atoms with Crippen molar-refractivity contribution >= 4 is 5.82 Å². The van der Waals surface area contributed by atoms with Crippen molar-refractivity contribution in [2.24, 2.45) is 0 Å². The van der Waals surface area contributed by atoms with Gasteiger partial charge in [0.05, 0.1) is 19.0 Å². The van der Waals surface area contributed by atoms with E-state index in [2.05, 4.69) is 32.4 Å². The molecule has 1 N–H and O–H groups in total. The number of aryl methyl sites for hydroxylation is 1. The van der Waals surface area contributed by atoms with Crippen LogP contribution in [0.25, 0.3) is 5.82 Å². The fourth-order valence-corrected chi connectivity index (χ4v) is 3.03. The van der Waals surface area contributed by atoms with E-state index in [4.69, 9.17) is 4.74 Å². The van der Waals surface area contributed by atoms with Gasteiger partial charge < -0.3 is 10.1 Å². The highest BCUT2D eigenvalue weighted by molar-refractivity contribution is 5.41. The first-order valence-corrected chi connectivity index (χ1v) is 8.09. The molecule has 122 valence electrons. The molecule has 0 spiro atoms. The van der Waals surface area contributed by atoms with Crippen molar-refractivity contribution in [3.63, 3.8) is 0 Å². The van der Waals surface area contributed by atoms with Gasteiger partial charge in [-0.1, -0.05) is 18.2 Å². The van der Waals surface area contributed by atoms with Crippen LogP contribution in [-0.2, 0) is 0 Å². The number of nitrogens with zero attached hydrogens (tertiary/aromatic N) is 4. The normalized spacial score (nSPS) is 16.3. The zero-order valence-electron chi connectivity index (χ0n) is 13.5. The molecule has 0 fully saturated rings. The summed E-state index contributed by atoms with van der Waals surface area (Å²) >= 11 is 0. The second-order valence-electron chi connectivity index (χ2n) is 5.86. The molecule has 3 aromatic rings. The first-order valence-electron chi connectivity index (χ1n) is 8.09. The first kappa shape index (κ1) is 14.7. The maximum absolute atomic E-state index is 5.72. The number of para-hydroxylation sites is 1. The van der Waals surface area contributed by atoms with E-state index in [1.54, 1.807) is 18.6 Å². The third kappa shape index (κ3) is 2.82. The van der Waals surface area contributed by atoms with E-state index in [9.17, 15) is 0 Å². The maximum atomic E-state index is 5.72. The second-order valence-corrected chi connectivity index (χ2v) is 5.86. The molecule has 1 atom stereocenters. The highest BCUT2D eigenvalue weighted by Gasteiger charge is 2.20. The topological polar surface area (TPSA) is 64.9 Å². The van der Waals surface area contributed by atoms with Crippen LogP contribution in [0.4, 0.5) is 5.82 Å². The van der Waals surface area contributed by atoms with Crippen molar-refractivity contribution in [1.29, 1.82) is 0 Å². The highest BCUT2D eigenvalue weighted by atomic mass is 16.5. The van der Waals surface area contributed by atoms with Crippen molar-refractivity contribution in [2.45, 2.75) is 19.3 Å². The number of imidazole rings is 1. The molecular weight excluding hydrogens is 302 g/mol. The molecule has 4 rings (SSSR count). The summed E-state index contributed by atoms with van der Waals surface area (Å²) < 4.78 is 7.64. The number of hydrogen-bond donors (Lipinski definition) is 1. The smallest absolute Gasteiger partial charge is 0.159 e. The SMILES string of the molecule is Cc1nccn1-c1cncc(NC[C@@H]2CCOc3ccccc32)n1. The van der Waals surface area contributed by atoms with Gasteiger partial charge in [0.1, 0.15) is 17.4 Å². The minimum atomic E-state index is 0.412. The number of fused-ring (bicyclic) bond motifs is 1. The van der Waals surface area contributed by atoms with Crippen LogP contribution in [0.3, 0.4) is 0 Å². The van der Waals surface area contributed by atoms with E-state index in [0.29, 0.717) is 5.92 Å². The predicted octanol–water partition coefficient (Wildman–Crippen LogP) is 2.95. The highest BCUT2D eigenvalue weighted by Crippen LogP contribution is 2.33. The number of nitrogens with one attached hydrogen (secondary N) is 1. The fourth-order valence-electron chi connectivity index (χ4n) is 3.03. The molecule has 6 nitrogen and oxygen atoms in total. The third-order valence-corrected chi connectivity index (χ3v) is 4.31. The van der Waals surface area contributed by atoms with Gasteiger partial charge in [0.25, 0.3) is 0 Å². The largest absolute Gasteiger partial charge is 0.493 e. The fraction of sp³-hybridized carbons (Fsp3) is 0.278. The molecule has 0 unspecified atom stereocenters. The molecule has 2 aromatic heterocycles. The van der Waals surface area contributed by atoms with Crippen molar-refractivity contribution < 1.29 is 4.74 Å². The Labute approximate surface area is 140 Å². The van der Waals surface area contributed by atoms with Crippen molar-refractivity contribution in [3.05, 3.63) is 60.4 Å². The summed E-state index contributed by atoms with van der Waals surface area (Å²) in [5, 5.41) is 3.41. The molecule has 24 heavy (non-hydrogen) atoms. The van der Waals surface area contributed by atoms with Crippen molar-refractivity contribution in [1.82, 2.24) is 19.5 Å². The minimum Gasteiger partial charge on any atom is -0.493 e. The molecule has 1 aromatic carbocycles. The zero-order valence-corrected chi connectivity index (χ0v) is 13.5. The van der Waals surface area contributed by atoms with Crippen LogP contribution in [0.5, 0.6) is 5.75 Å². The van der Waals surface area contributed by atoms with Gasteiger partial charge in [0, 0.05) is 24.9 Å². The van der Waals surface area contributed by atoms with Gasteiger partial charge in [0.15, 0.2) is 5.82 Å². The average Bonchev–Trinajstić information content (AvgIpc) is 3.06. The number of hydrogen-bond acceptors (Lipinski definition) is 5. The number of benzene rings is 1. The van der Waals surface area contributed by atoms with E-state index in [1.807, 2.05) is 29.8 Å². The average molecular weight is 321 g/mol. The molecule has 1 aliphatic heterocycles. The zero-order chi connectivity index (χ0) is 16.4. The summed E-state index contributed by atoms with van der Waals surface area (Å²) in [6.45, 7) is 3.51. The molecule has 6 heteroatoms. The Morgan fingerprint density at radius 3 is 3.08 bits per heavy atom. The summed E-state index contributed by atoms with van der Waals surface area (Å²) in [4.78, 5) is 13.2. The Bertz CT molecular complexity index is 845. The lowest BCUT2D eigenvalue weighted by molar-refractivity contribution is 0.270. The van der Waals surface area contributed by atoms with Crippen LogP contribution in [0.15, 0.2) is 49.1 Å². The summed E-state index contributed by atoms with van der Waals surface area (Å²) in [6.07, 6.45) is 8.14. The number of anilines is 1. The van der Waals surface area contributed by atoms with Gasteiger partial charge in [-0.3, -0.25) is 9.55 Å². The van der Waals surface area contributed by atoms with Gasteiger partial charge in [-0.25, -0.2) is 9.97 Å². The first-order chi connectivity index (χ1) is 11.8. The quantitative estimate of drug-likeness (QED) is 0.800.